The van der Waals surface area contributed by atoms with Gasteiger partial charge >= 0.3 is 0 Å². The van der Waals surface area contributed by atoms with Crippen molar-refractivity contribution >= 4 is 10.0 Å². The lowest BCUT2D eigenvalue weighted by Gasteiger charge is -2.17. The summed E-state index contributed by atoms with van der Waals surface area (Å²) in [6.45, 7) is 2.29. The van der Waals surface area contributed by atoms with Crippen molar-refractivity contribution in [2.24, 2.45) is 11.8 Å². The van der Waals surface area contributed by atoms with Crippen molar-refractivity contribution in [1.82, 2.24) is 9.62 Å². The number of hydrogen-bond acceptors (Lipinski definition) is 3. The first kappa shape index (κ1) is 15.0. The predicted octanol–water partition coefficient (Wildman–Crippen LogP) is 1.97. The lowest BCUT2D eigenvalue weighted by Crippen LogP contribution is -2.30. The second-order valence-corrected chi connectivity index (χ2v) is 8.34. The molecule has 2 aliphatic rings. The van der Waals surface area contributed by atoms with Crippen LogP contribution in [0.2, 0.25) is 0 Å². The molecule has 3 rings (SSSR count). The number of rotatable bonds is 5. The van der Waals surface area contributed by atoms with Crippen LogP contribution in [-0.4, -0.2) is 32.9 Å². The van der Waals surface area contributed by atoms with Crippen molar-refractivity contribution in [3.8, 4) is 0 Å². The molecule has 1 aromatic rings. The van der Waals surface area contributed by atoms with E-state index in [-0.39, 0.29) is 5.75 Å². The molecule has 1 aliphatic carbocycles. The van der Waals surface area contributed by atoms with E-state index in [9.17, 15) is 8.42 Å². The van der Waals surface area contributed by atoms with Crippen LogP contribution in [-0.2, 0) is 22.3 Å². The molecule has 0 radical (unpaired) electrons. The lowest BCUT2D eigenvalue weighted by atomic mass is 10.0. The molecule has 1 aromatic carbocycles. The first-order chi connectivity index (χ1) is 10.1. The van der Waals surface area contributed by atoms with Crippen molar-refractivity contribution in [2.45, 2.75) is 31.6 Å². The molecule has 5 heteroatoms. The molecule has 21 heavy (non-hydrogen) atoms. The largest absolute Gasteiger partial charge is 0.316 e. The zero-order valence-corrected chi connectivity index (χ0v) is 13.4. The van der Waals surface area contributed by atoms with Gasteiger partial charge in [0.15, 0.2) is 0 Å². The molecule has 0 aromatic heterocycles. The second-order valence-electron chi connectivity index (χ2n) is 6.37. The van der Waals surface area contributed by atoms with Crippen LogP contribution in [0.1, 0.15) is 30.4 Å². The van der Waals surface area contributed by atoms with Crippen molar-refractivity contribution in [1.29, 1.82) is 0 Å². The Kier molecular flexibility index (Phi) is 4.33. The molecule has 4 nitrogen and oxygen atoms in total. The van der Waals surface area contributed by atoms with Gasteiger partial charge < -0.3 is 5.32 Å². The van der Waals surface area contributed by atoms with Gasteiger partial charge in [0.25, 0.3) is 0 Å². The van der Waals surface area contributed by atoms with Crippen LogP contribution >= 0.6 is 0 Å². The lowest BCUT2D eigenvalue weighted by molar-refractivity contribution is 0.445. The summed E-state index contributed by atoms with van der Waals surface area (Å²) in [5, 5.41) is 3.09. The highest BCUT2D eigenvalue weighted by Gasteiger charge is 2.40. The molecular weight excluding hydrogens is 284 g/mol. The molecule has 1 heterocycles. The summed E-state index contributed by atoms with van der Waals surface area (Å²) in [5.74, 6) is 1.35. The number of benzene rings is 1. The minimum Gasteiger partial charge on any atom is -0.316 e. The van der Waals surface area contributed by atoms with E-state index in [1.807, 2.05) is 31.3 Å². The Hall–Kier alpha value is -0.910. The van der Waals surface area contributed by atoms with Crippen LogP contribution in [0, 0.1) is 11.8 Å². The van der Waals surface area contributed by atoms with Gasteiger partial charge in [-0.3, -0.25) is 0 Å². The van der Waals surface area contributed by atoms with Crippen molar-refractivity contribution in [2.75, 3.05) is 20.1 Å². The van der Waals surface area contributed by atoms with Crippen LogP contribution in [0.5, 0.6) is 0 Å². The van der Waals surface area contributed by atoms with Crippen LogP contribution in [0.4, 0.5) is 0 Å². The first-order valence-corrected chi connectivity index (χ1v) is 9.39. The number of sulfonamides is 1. The average molecular weight is 308 g/mol. The molecule has 2 unspecified atom stereocenters. The van der Waals surface area contributed by atoms with Crippen LogP contribution < -0.4 is 5.32 Å². The molecule has 1 saturated carbocycles. The Balaban J connectivity index is 1.65. The monoisotopic (exact) mass is 308 g/mol. The fourth-order valence-electron chi connectivity index (χ4n) is 3.68. The van der Waals surface area contributed by atoms with Crippen molar-refractivity contribution in [3.63, 3.8) is 0 Å². The van der Waals surface area contributed by atoms with E-state index in [0.717, 1.165) is 25.2 Å². The van der Waals surface area contributed by atoms with E-state index in [4.69, 9.17) is 0 Å². The summed E-state index contributed by atoms with van der Waals surface area (Å²) < 4.78 is 26.8. The van der Waals surface area contributed by atoms with Gasteiger partial charge in [0.05, 0.1) is 5.75 Å². The van der Waals surface area contributed by atoms with E-state index >= 15 is 0 Å². The molecule has 1 aliphatic heterocycles. The van der Waals surface area contributed by atoms with E-state index in [2.05, 4.69) is 5.32 Å². The smallest absolute Gasteiger partial charge is 0.218 e. The van der Waals surface area contributed by atoms with E-state index in [1.54, 1.807) is 4.31 Å². The topological polar surface area (TPSA) is 49.4 Å². The summed E-state index contributed by atoms with van der Waals surface area (Å²) in [5.41, 5.74) is 2.06. The normalized spacial score (nSPS) is 26.1. The van der Waals surface area contributed by atoms with E-state index in [1.165, 1.54) is 24.8 Å². The first-order valence-electron chi connectivity index (χ1n) is 7.79. The third kappa shape index (κ3) is 3.30. The quantitative estimate of drug-likeness (QED) is 0.905. The molecule has 1 N–H and O–H groups in total. The number of fused-ring (bicyclic) bond motifs is 1. The SMILES string of the molecule is CNCc1ccc(CS(=O)(=O)N2CC3CCCC3C2)cc1. The maximum Gasteiger partial charge on any atom is 0.218 e. The molecule has 2 fully saturated rings. The van der Waals surface area contributed by atoms with Crippen molar-refractivity contribution in [3.05, 3.63) is 35.4 Å². The fraction of sp³-hybridized carbons (Fsp3) is 0.625. The second kappa shape index (κ2) is 6.07. The van der Waals surface area contributed by atoms with Crippen molar-refractivity contribution < 1.29 is 8.42 Å². The Morgan fingerprint density at radius 1 is 1.10 bits per heavy atom. The zero-order chi connectivity index (χ0) is 14.9. The van der Waals surface area contributed by atoms with Gasteiger partial charge in [0, 0.05) is 19.6 Å². The molecule has 116 valence electrons. The van der Waals surface area contributed by atoms with Gasteiger partial charge in [0.2, 0.25) is 10.0 Å². The number of hydrogen-bond donors (Lipinski definition) is 1. The van der Waals surface area contributed by atoms with E-state index < -0.39 is 10.0 Å². The summed E-state index contributed by atoms with van der Waals surface area (Å²) in [6.07, 6.45) is 3.68. The van der Waals surface area contributed by atoms with Crippen LogP contribution in [0.25, 0.3) is 0 Å². The number of nitrogens with one attached hydrogen (secondary N) is 1. The minimum atomic E-state index is -3.16. The third-order valence-corrected chi connectivity index (χ3v) is 6.62. The predicted molar refractivity (Wildman–Crippen MR) is 84.2 cm³/mol. The van der Waals surface area contributed by atoms with Gasteiger partial charge in [-0.15, -0.1) is 0 Å². The Morgan fingerprint density at radius 2 is 1.67 bits per heavy atom. The summed E-state index contributed by atoms with van der Waals surface area (Å²) >= 11 is 0. The Morgan fingerprint density at radius 3 is 2.24 bits per heavy atom. The Labute approximate surface area is 127 Å². The highest BCUT2D eigenvalue weighted by molar-refractivity contribution is 7.88. The Bertz CT molecular complexity index is 571. The minimum absolute atomic E-state index is 0.131. The van der Waals surface area contributed by atoms with Gasteiger partial charge in [-0.1, -0.05) is 30.7 Å². The molecule has 0 spiro atoms. The standard InChI is InChI=1S/C16H24N2O2S/c1-17-9-13-5-7-14(8-6-13)12-21(19,20)18-10-15-3-2-4-16(15)11-18/h5-8,15-17H,2-4,9-12H2,1H3. The van der Waals surface area contributed by atoms with Crippen LogP contribution in [0.3, 0.4) is 0 Å². The van der Waals surface area contributed by atoms with Gasteiger partial charge in [-0.25, -0.2) is 12.7 Å². The highest BCUT2D eigenvalue weighted by Crippen LogP contribution is 2.39. The summed E-state index contributed by atoms with van der Waals surface area (Å²) in [4.78, 5) is 0. The number of nitrogens with zero attached hydrogens (tertiary/aromatic N) is 1. The van der Waals surface area contributed by atoms with Gasteiger partial charge in [-0.2, -0.15) is 0 Å². The van der Waals surface area contributed by atoms with Gasteiger partial charge in [-0.05, 0) is 42.9 Å². The molecule has 0 amide bonds. The van der Waals surface area contributed by atoms with Gasteiger partial charge in [0.1, 0.15) is 0 Å². The molecule has 1 saturated heterocycles. The summed E-state index contributed by atoms with van der Waals surface area (Å²) in [7, 11) is -1.26. The zero-order valence-electron chi connectivity index (χ0n) is 12.6. The van der Waals surface area contributed by atoms with Crippen LogP contribution in [0.15, 0.2) is 24.3 Å². The molecule has 2 atom stereocenters. The maximum absolute atomic E-state index is 12.6. The van der Waals surface area contributed by atoms with E-state index in [0.29, 0.717) is 11.8 Å². The fourth-order valence-corrected chi connectivity index (χ4v) is 5.31. The average Bonchev–Trinajstić information content (AvgIpc) is 3.02. The molecular formula is C16H24N2O2S. The highest BCUT2D eigenvalue weighted by atomic mass is 32.2. The molecule has 0 bridgehead atoms. The maximum atomic E-state index is 12.6. The third-order valence-electron chi connectivity index (χ3n) is 4.84. The summed E-state index contributed by atoms with van der Waals surface area (Å²) in [6, 6.07) is 7.86.